The number of rotatable bonds is 5. The Hall–Kier alpha value is -4.55. The molecule has 0 radical (unpaired) electrons. The number of anilines is 1. The SMILES string of the molecule is COc1ccc(C(=O)Nc2ccc3oc(-c4c(F)c(F)c(F)c(F)c4F)nc3c2)cc1[N+](=O)[O-]. The lowest BCUT2D eigenvalue weighted by Crippen LogP contribution is -2.12. The maximum Gasteiger partial charge on any atom is 0.311 e. The van der Waals surface area contributed by atoms with Gasteiger partial charge in [-0.1, -0.05) is 0 Å². The van der Waals surface area contributed by atoms with Crippen LogP contribution in [0.25, 0.3) is 22.6 Å². The lowest BCUT2D eigenvalue weighted by atomic mass is 10.1. The van der Waals surface area contributed by atoms with Crippen molar-refractivity contribution in [1.29, 1.82) is 0 Å². The average molecular weight is 479 g/mol. The van der Waals surface area contributed by atoms with E-state index in [0.29, 0.717) is 0 Å². The Morgan fingerprint density at radius 2 is 1.65 bits per heavy atom. The van der Waals surface area contributed by atoms with Gasteiger partial charge in [-0.3, -0.25) is 14.9 Å². The molecule has 3 aromatic carbocycles. The minimum Gasteiger partial charge on any atom is -0.490 e. The lowest BCUT2D eigenvalue weighted by Gasteiger charge is -2.06. The van der Waals surface area contributed by atoms with E-state index in [0.717, 1.165) is 6.07 Å². The van der Waals surface area contributed by atoms with Crippen molar-refractivity contribution in [2.75, 3.05) is 12.4 Å². The van der Waals surface area contributed by atoms with Gasteiger partial charge in [0.1, 0.15) is 11.1 Å². The van der Waals surface area contributed by atoms with Gasteiger partial charge in [0.2, 0.25) is 11.7 Å². The number of halogens is 5. The zero-order valence-electron chi connectivity index (χ0n) is 16.8. The molecule has 1 N–H and O–H groups in total. The maximum absolute atomic E-state index is 14.1. The summed E-state index contributed by atoms with van der Waals surface area (Å²) in [6, 6.07) is 7.30. The standard InChI is InChI=1S/C21H10F5N3O5/c1-33-13-4-2-8(6-11(13)29(31)32)20(30)27-9-3-5-12-10(7-9)28-21(34-12)14-15(22)17(24)19(26)18(25)16(14)23/h2-7H,1H3,(H,27,30). The van der Waals surface area contributed by atoms with Crippen LogP contribution < -0.4 is 10.1 Å². The van der Waals surface area contributed by atoms with Gasteiger partial charge in [-0.05, 0) is 30.3 Å². The third-order valence-electron chi connectivity index (χ3n) is 4.71. The summed E-state index contributed by atoms with van der Waals surface area (Å²) in [5.74, 6) is -12.5. The molecular formula is C21H10F5N3O5. The Bertz CT molecular complexity index is 1460. The monoisotopic (exact) mass is 479 g/mol. The average Bonchev–Trinajstić information content (AvgIpc) is 3.23. The largest absolute Gasteiger partial charge is 0.490 e. The van der Waals surface area contributed by atoms with E-state index in [2.05, 4.69) is 10.3 Å². The number of aromatic nitrogens is 1. The zero-order chi connectivity index (χ0) is 24.7. The van der Waals surface area contributed by atoms with Crippen LogP contribution in [0.4, 0.5) is 33.3 Å². The molecule has 0 unspecified atom stereocenters. The third-order valence-corrected chi connectivity index (χ3v) is 4.71. The lowest BCUT2D eigenvalue weighted by molar-refractivity contribution is -0.385. The van der Waals surface area contributed by atoms with E-state index in [9.17, 15) is 36.9 Å². The summed E-state index contributed by atoms with van der Waals surface area (Å²) in [7, 11) is 1.23. The number of nitrogens with zero attached hydrogens (tertiary/aromatic N) is 2. The van der Waals surface area contributed by atoms with Crippen LogP contribution in [0.1, 0.15) is 10.4 Å². The Kier molecular flexibility index (Phi) is 5.61. The highest BCUT2D eigenvalue weighted by atomic mass is 19.2. The molecule has 1 amide bonds. The molecule has 1 aromatic heterocycles. The summed E-state index contributed by atoms with van der Waals surface area (Å²) in [5, 5.41) is 13.6. The molecule has 1 heterocycles. The van der Waals surface area contributed by atoms with Crippen LogP contribution in [0.2, 0.25) is 0 Å². The van der Waals surface area contributed by atoms with Crippen molar-refractivity contribution in [2.45, 2.75) is 0 Å². The molecule has 174 valence electrons. The highest BCUT2D eigenvalue weighted by Crippen LogP contribution is 2.34. The molecule has 0 aliphatic heterocycles. The number of methoxy groups -OCH3 is 1. The van der Waals surface area contributed by atoms with Gasteiger partial charge in [-0.2, -0.15) is 0 Å². The van der Waals surface area contributed by atoms with E-state index in [1.807, 2.05) is 0 Å². The Labute approximate surface area is 185 Å². The zero-order valence-corrected chi connectivity index (χ0v) is 16.8. The minimum absolute atomic E-state index is 0.0498. The molecule has 13 heteroatoms. The van der Waals surface area contributed by atoms with Gasteiger partial charge in [-0.15, -0.1) is 0 Å². The second-order valence-electron chi connectivity index (χ2n) is 6.74. The number of carbonyl (C=O) groups is 1. The predicted molar refractivity (Wildman–Crippen MR) is 107 cm³/mol. The first-order valence-electron chi connectivity index (χ1n) is 9.18. The number of fused-ring (bicyclic) bond motifs is 1. The number of amides is 1. The van der Waals surface area contributed by atoms with Gasteiger partial charge in [0.05, 0.1) is 12.0 Å². The van der Waals surface area contributed by atoms with Gasteiger partial charge < -0.3 is 14.5 Å². The van der Waals surface area contributed by atoms with Crippen molar-refractivity contribution < 1.29 is 40.8 Å². The molecular weight excluding hydrogens is 469 g/mol. The Morgan fingerprint density at radius 3 is 2.26 bits per heavy atom. The first-order valence-corrected chi connectivity index (χ1v) is 9.18. The molecule has 0 bridgehead atoms. The van der Waals surface area contributed by atoms with Gasteiger partial charge >= 0.3 is 5.69 Å². The first kappa shape index (κ1) is 22.6. The van der Waals surface area contributed by atoms with E-state index < -0.39 is 57.1 Å². The number of oxazole rings is 1. The highest BCUT2D eigenvalue weighted by molar-refractivity contribution is 6.05. The Morgan fingerprint density at radius 1 is 1.00 bits per heavy atom. The van der Waals surface area contributed by atoms with Crippen LogP contribution in [0.15, 0.2) is 40.8 Å². The Balaban J connectivity index is 1.67. The number of benzene rings is 3. The normalized spacial score (nSPS) is 11.0. The fourth-order valence-corrected chi connectivity index (χ4v) is 3.08. The van der Waals surface area contributed by atoms with E-state index >= 15 is 0 Å². The van der Waals surface area contributed by atoms with E-state index in [1.54, 1.807) is 0 Å². The first-order chi connectivity index (χ1) is 16.1. The topological polar surface area (TPSA) is 108 Å². The highest BCUT2D eigenvalue weighted by Gasteiger charge is 2.29. The molecule has 0 aliphatic carbocycles. The van der Waals surface area contributed by atoms with Gasteiger partial charge in [0, 0.05) is 17.3 Å². The smallest absolute Gasteiger partial charge is 0.311 e. The molecule has 0 atom stereocenters. The van der Waals surface area contributed by atoms with Gasteiger partial charge in [-0.25, -0.2) is 26.9 Å². The van der Waals surface area contributed by atoms with E-state index in [4.69, 9.17) is 9.15 Å². The fourth-order valence-electron chi connectivity index (χ4n) is 3.08. The third kappa shape index (κ3) is 3.76. The summed E-state index contributed by atoms with van der Waals surface area (Å²) in [5.41, 5.74) is -1.89. The number of hydrogen-bond acceptors (Lipinski definition) is 6. The molecule has 34 heavy (non-hydrogen) atoms. The molecule has 4 aromatic rings. The molecule has 0 fully saturated rings. The number of nitrogens with one attached hydrogen (secondary N) is 1. The van der Waals surface area contributed by atoms with Crippen molar-refractivity contribution in [2.24, 2.45) is 0 Å². The number of carbonyl (C=O) groups excluding carboxylic acids is 1. The van der Waals surface area contributed by atoms with Crippen molar-refractivity contribution >= 4 is 28.4 Å². The van der Waals surface area contributed by atoms with Crippen molar-refractivity contribution in [3.05, 3.63) is 81.2 Å². The second-order valence-corrected chi connectivity index (χ2v) is 6.74. The van der Waals surface area contributed by atoms with Crippen molar-refractivity contribution in [1.82, 2.24) is 4.98 Å². The van der Waals surface area contributed by atoms with E-state index in [1.165, 1.54) is 37.4 Å². The molecule has 4 rings (SSSR count). The minimum atomic E-state index is -2.32. The van der Waals surface area contributed by atoms with Gasteiger partial charge in [0.15, 0.2) is 34.6 Å². The summed E-state index contributed by atoms with van der Waals surface area (Å²) in [6.45, 7) is 0. The van der Waals surface area contributed by atoms with E-state index in [-0.39, 0.29) is 28.1 Å². The summed E-state index contributed by atoms with van der Waals surface area (Å²) in [6.07, 6.45) is 0. The summed E-state index contributed by atoms with van der Waals surface area (Å²) < 4.78 is 78.4. The van der Waals surface area contributed by atoms with Crippen LogP contribution in [-0.2, 0) is 0 Å². The second kappa shape index (κ2) is 8.42. The van der Waals surface area contributed by atoms with Crippen LogP contribution >= 0.6 is 0 Å². The predicted octanol–water partition coefficient (Wildman–Crippen LogP) is 5.36. The number of nitro benzene ring substituents is 1. The molecule has 0 saturated carbocycles. The molecule has 0 spiro atoms. The fraction of sp³-hybridized carbons (Fsp3) is 0.0476. The van der Waals surface area contributed by atoms with Crippen LogP contribution in [-0.4, -0.2) is 22.9 Å². The maximum atomic E-state index is 14.1. The summed E-state index contributed by atoms with van der Waals surface area (Å²) >= 11 is 0. The van der Waals surface area contributed by atoms with Gasteiger partial charge in [0.25, 0.3) is 5.91 Å². The summed E-state index contributed by atoms with van der Waals surface area (Å²) in [4.78, 5) is 26.7. The molecule has 0 aliphatic rings. The van der Waals surface area contributed by atoms with Crippen LogP contribution in [0.5, 0.6) is 5.75 Å². The van der Waals surface area contributed by atoms with Crippen LogP contribution in [0, 0.1) is 39.2 Å². The number of nitro groups is 1. The molecule has 8 nitrogen and oxygen atoms in total. The van der Waals surface area contributed by atoms with Crippen LogP contribution in [0.3, 0.4) is 0 Å². The van der Waals surface area contributed by atoms with Crippen molar-refractivity contribution in [3.63, 3.8) is 0 Å². The quantitative estimate of drug-likeness (QED) is 0.136. The van der Waals surface area contributed by atoms with Crippen molar-refractivity contribution in [3.8, 4) is 17.2 Å². The number of hydrogen-bond donors (Lipinski definition) is 1. The molecule has 0 saturated heterocycles. The number of ether oxygens (including phenoxy) is 1.